The summed E-state index contributed by atoms with van der Waals surface area (Å²) in [4.78, 5) is 26.4. The summed E-state index contributed by atoms with van der Waals surface area (Å²) >= 11 is 0. The summed E-state index contributed by atoms with van der Waals surface area (Å²) < 4.78 is 0. The quantitative estimate of drug-likeness (QED) is 0.825. The summed E-state index contributed by atoms with van der Waals surface area (Å²) in [5, 5.41) is 10.4. The van der Waals surface area contributed by atoms with Crippen molar-refractivity contribution < 1.29 is 14.7 Å². The monoisotopic (exact) mass is 303 g/mol. The van der Waals surface area contributed by atoms with Crippen LogP contribution in [-0.4, -0.2) is 43.0 Å². The van der Waals surface area contributed by atoms with Gasteiger partial charge in [-0.2, -0.15) is 0 Å². The molecule has 2 rings (SSSR count). The molecular formula is C17H23N2O3-. The summed E-state index contributed by atoms with van der Waals surface area (Å²) in [5.41, 5.74) is 5.04. The number of benzene rings is 1. The molecule has 0 spiro atoms. The molecular weight excluding hydrogens is 280 g/mol. The minimum absolute atomic E-state index is 0.0327. The first kappa shape index (κ1) is 16.3. The topological polar surface area (TPSA) is 63.7 Å². The fourth-order valence-corrected chi connectivity index (χ4v) is 2.85. The molecule has 1 saturated heterocycles. The van der Waals surface area contributed by atoms with Crippen molar-refractivity contribution in [1.29, 1.82) is 0 Å². The highest BCUT2D eigenvalue weighted by atomic mass is 16.4. The van der Waals surface area contributed by atoms with Crippen molar-refractivity contribution in [3.63, 3.8) is 0 Å². The van der Waals surface area contributed by atoms with Gasteiger partial charge in [-0.1, -0.05) is 6.07 Å². The SMILES string of the molecule is Cc1cc(C)c(N2CCN(C(=O)CCC(=O)[O-])CC2)cc1C. The van der Waals surface area contributed by atoms with Gasteiger partial charge in [-0.3, -0.25) is 4.79 Å². The smallest absolute Gasteiger partial charge is 0.223 e. The van der Waals surface area contributed by atoms with Crippen molar-refractivity contribution in [1.82, 2.24) is 4.90 Å². The molecule has 0 N–H and O–H groups in total. The lowest BCUT2D eigenvalue weighted by Crippen LogP contribution is -2.49. The number of carboxylic acid groups (broad SMARTS) is 1. The molecule has 5 heteroatoms. The van der Waals surface area contributed by atoms with Gasteiger partial charge in [0.15, 0.2) is 0 Å². The number of aryl methyl sites for hydroxylation is 3. The molecule has 1 aliphatic rings. The van der Waals surface area contributed by atoms with Gasteiger partial charge in [0.2, 0.25) is 5.91 Å². The van der Waals surface area contributed by atoms with E-state index < -0.39 is 5.97 Å². The molecule has 0 aliphatic carbocycles. The molecule has 1 amide bonds. The molecule has 120 valence electrons. The van der Waals surface area contributed by atoms with E-state index in [-0.39, 0.29) is 18.7 Å². The van der Waals surface area contributed by atoms with Crippen LogP contribution in [0.4, 0.5) is 5.69 Å². The van der Waals surface area contributed by atoms with E-state index in [0.717, 1.165) is 13.1 Å². The van der Waals surface area contributed by atoms with Gasteiger partial charge in [-0.15, -0.1) is 0 Å². The summed E-state index contributed by atoms with van der Waals surface area (Å²) in [6, 6.07) is 4.40. The number of anilines is 1. The fraction of sp³-hybridized carbons (Fsp3) is 0.529. The maximum atomic E-state index is 11.9. The number of amides is 1. The molecule has 0 radical (unpaired) electrons. The largest absolute Gasteiger partial charge is 0.550 e. The molecule has 22 heavy (non-hydrogen) atoms. The van der Waals surface area contributed by atoms with Crippen LogP contribution in [0.15, 0.2) is 12.1 Å². The Labute approximate surface area is 131 Å². The molecule has 0 saturated carbocycles. The van der Waals surface area contributed by atoms with Crippen LogP contribution in [0.2, 0.25) is 0 Å². The average Bonchev–Trinajstić information content (AvgIpc) is 2.48. The van der Waals surface area contributed by atoms with Crippen molar-refractivity contribution in [2.24, 2.45) is 0 Å². The van der Waals surface area contributed by atoms with Gasteiger partial charge >= 0.3 is 0 Å². The van der Waals surface area contributed by atoms with Crippen molar-refractivity contribution in [2.45, 2.75) is 33.6 Å². The van der Waals surface area contributed by atoms with Crippen molar-refractivity contribution in [3.8, 4) is 0 Å². The zero-order valence-corrected chi connectivity index (χ0v) is 13.5. The Morgan fingerprint density at radius 2 is 1.55 bits per heavy atom. The van der Waals surface area contributed by atoms with Gasteiger partial charge in [0.1, 0.15) is 0 Å². The van der Waals surface area contributed by atoms with E-state index in [2.05, 4.69) is 37.8 Å². The minimum Gasteiger partial charge on any atom is -0.550 e. The number of carbonyl (C=O) groups excluding carboxylic acids is 2. The van der Waals surface area contributed by atoms with Crippen LogP contribution in [0.25, 0.3) is 0 Å². The lowest BCUT2D eigenvalue weighted by atomic mass is 10.0. The number of hydrogen-bond donors (Lipinski definition) is 0. The van der Waals surface area contributed by atoms with E-state index in [1.807, 2.05) is 0 Å². The number of hydrogen-bond acceptors (Lipinski definition) is 4. The highest BCUT2D eigenvalue weighted by molar-refractivity contribution is 5.80. The van der Waals surface area contributed by atoms with Gasteiger partial charge in [0.05, 0.1) is 0 Å². The fourth-order valence-electron chi connectivity index (χ4n) is 2.85. The van der Waals surface area contributed by atoms with E-state index in [9.17, 15) is 14.7 Å². The highest BCUT2D eigenvalue weighted by Gasteiger charge is 2.22. The van der Waals surface area contributed by atoms with Crippen LogP contribution in [0.5, 0.6) is 0 Å². The van der Waals surface area contributed by atoms with Crippen molar-refractivity contribution >= 4 is 17.6 Å². The van der Waals surface area contributed by atoms with Crippen LogP contribution in [0.1, 0.15) is 29.5 Å². The first-order valence-electron chi connectivity index (χ1n) is 7.69. The zero-order chi connectivity index (χ0) is 16.3. The average molecular weight is 303 g/mol. The first-order valence-corrected chi connectivity index (χ1v) is 7.69. The Hall–Kier alpha value is -2.04. The summed E-state index contributed by atoms with van der Waals surface area (Å²) in [6.45, 7) is 9.16. The van der Waals surface area contributed by atoms with E-state index in [1.165, 1.54) is 22.4 Å². The van der Waals surface area contributed by atoms with Gasteiger partial charge < -0.3 is 19.7 Å². The Balaban J connectivity index is 1.96. The molecule has 5 nitrogen and oxygen atoms in total. The van der Waals surface area contributed by atoms with Gasteiger partial charge in [0.25, 0.3) is 0 Å². The van der Waals surface area contributed by atoms with Crippen molar-refractivity contribution in [3.05, 3.63) is 28.8 Å². The molecule has 0 aromatic heterocycles. The normalized spacial score (nSPS) is 15.0. The number of piperazine rings is 1. The predicted octanol–water partition coefficient (Wildman–Crippen LogP) is 0.791. The number of aliphatic carboxylic acids is 1. The molecule has 1 aliphatic heterocycles. The van der Waals surface area contributed by atoms with Crippen LogP contribution in [-0.2, 0) is 9.59 Å². The summed E-state index contributed by atoms with van der Waals surface area (Å²) in [6.07, 6.45) is -0.166. The van der Waals surface area contributed by atoms with Crippen LogP contribution >= 0.6 is 0 Å². The first-order chi connectivity index (χ1) is 10.4. The van der Waals surface area contributed by atoms with E-state index in [1.54, 1.807) is 4.90 Å². The standard InChI is InChI=1S/C17H24N2O3/c1-12-10-14(3)15(11-13(12)2)18-6-8-19(9-7-18)16(20)4-5-17(21)22/h10-11H,4-9H2,1-3H3,(H,21,22)/p-1. The second kappa shape index (κ2) is 6.81. The molecule has 1 fully saturated rings. The van der Waals surface area contributed by atoms with Crippen LogP contribution in [0, 0.1) is 20.8 Å². The summed E-state index contributed by atoms with van der Waals surface area (Å²) in [7, 11) is 0. The number of carbonyl (C=O) groups is 2. The number of rotatable bonds is 4. The Morgan fingerprint density at radius 3 is 2.14 bits per heavy atom. The predicted molar refractivity (Wildman–Crippen MR) is 83.7 cm³/mol. The van der Waals surface area contributed by atoms with E-state index in [0.29, 0.717) is 13.1 Å². The number of carboxylic acids is 1. The lowest BCUT2D eigenvalue weighted by molar-refractivity contribution is -0.305. The maximum Gasteiger partial charge on any atom is 0.223 e. The van der Waals surface area contributed by atoms with E-state index in [4.69, 9.17) is 0 Å². The van der Waals surface area contributed by atoms with Crippen LogP contribution in [0.3, 0.4) is 0 Å². The lowest BCUT2D eigenvalue weighted by Gasteiger charge is -2.37. The second-order valence-corrected chi connectivity index (χ2v) is 5.96. The third kappa shape index (κ3) is 3.78. The van der Waals surface area contributed by atoms with Gasteiger partial charge in [-0.05, 0) is 49.9 Å². The second-order valence-electron chi connectivity index (χ2n) is 5.96. The van der Waals surface area contributed by atoms with Crippen molar-refractivity contribution in [2.75, 3.05) is 31.1 Å². The van der Waals surface area contributed by atoms with Gasteiger partial charge in [0, 0.05) is 44.3 Å². The Kier molecular flexibility index (Phi) is 5.06. The molecule has 0 atom stereocenters. The third-order valence-electron chi connectivity index (χ3n) is 4.33. The molecule has 0 bridgehead atoms. The molecule has 1 aromatic rings. The van der Waals surface area contributed by atoms with Crippen LogP contribution < -0.4 is 10.0 Å². The van der Waals surface area contributed by atoms with E-state index >= 15 is 0 Å². The zero-order valence-electron chi connectivity index (χ0n) is 13.5. The minimum atomic E-state index is -1.17. The Morgan fingerprint density at radius 1 is 0.955 bits per heavy atom. The Bertz CT molecular complexity index is 576. The number of nitrogens with zero attached hydrogens (tertiary/aromatic N) is 2. The van der Waals surface area contributed by atoms with Gasteiger partial charge in [-0.25, -0.2) is 0 Å². The maximum absolute atomic E-state index is 11.9. The highest BCUT2D eigenvalue weighted by Crippen LogP contribution is 2.25. The third-order valence-corrected chi connectivity index (χ3v) is 4.33. The summed E-state index contributed by atoms with van der Waals surface area (Å²) in [5.74, 6) is -1.27. The molecule has 0 unspecified atom stereocenters. The molecule has 1 heterocycles. The molecule has 1 aromatic carbocycles.